The van der Waals surface area contributed by atoms with E-state index < -0.39 is 0 Å². The highest BCUT2D eigenvalue weighted by atomic mass is 16.5. The molecule has 0 saturated carbocycles. The minimum atomic E-state index is 0.505. The average molecular weight is 284 g/mol. The summed E-state index contributed by atoms with van der Waals surface area (Å²) in [7, 11) is 0. The molecule has 0 aliphatic heterocycles. The van der Waals surface area contributed by atoms with E-state index in [1.807, 2.05) is 24.3 Å². The molecule has 2 aromatic rings. The number of hydrogen-bond acceptors (Lipinski definition) is 3. The Hall–Kier alpha value is -1.87. The van der Waals surface area contributed by atoms with E-state index >= 15 is 0 Å². The van der Waals surface area contributed by atoms with Crippen molar-refractivity contribution in [1.82, 2.24) is 10.3 Å². The van der Waals surface area contributed by atoms with Crippen LogP contribution >= 0.6 is 0 Å². The summed E-state index contributed by atoms with van der Waals surface area (Å²) >= 11 is 0. The third-order valence-electron chi connectivity index (χ3n) is 3.30. The van der Waals surface area contributed by atoms with Crippen molar-refractivity contribution >= 4 is 0 Å². The van der Waals surface area contributed by atoms with E-state index in [9.17, 15) is 0 Å². The molecule has 1 aromatic carbocycles. The van der Waals surface area contributed by atoms with E-state index in [1.54, 1.807) is 0 Å². The number of nitrogens with one attached hydrogen (secondary N) is 1. The minimum Gasteiger partial charge on any atom is -0.487 e. The first-order valence-electron chi connectivity index (χ1n) is 7.54. The van der Waals surface area contributed by atoms with E-state index in [-0.39, 0.29) is 0 Å². The molecule has 3 heteroatoms. The molecule has 0 unspecified atom stereocenters. The lowest BCUT2D eigenvalue weighted by Crippen LogP contribution is -2.15. The van der Waals surface area contributed by atoms with Crippen molar-refractivity contribution in [3.63, 3.8) is 0 Å². The normalized spacial score (nSPS) is 10.6. The van der Waals surface area contributed by atoms with Gasteiger partial charge in [0.15, 0.2) is 0 Å². The van der Waals surface area contributed by atoms with Gasteiger partial charge in [0, 0.05) is 6.54 Å². The van der Waals surface area contributed by atoms with Gasteiger partial charge in [-0.25, -0.2) is 0 Å². The molecule has 0 amide bonds. The number of rotatable bonds is 7. The van der Waals surface area contributed by atoms with Crippen molar-refractivity contribution in [2.24, 2.45) is 0 Å². The Labute approximate surface area is 127 Å². The molecule has 0 saturated heterocycles. The Morgan fingerprint density at radius 2 is 1.90 bits per heavy atom. The van der Waals surface area contributed by atoms with Gasteiger partial charge < -0.3 is 10.1 Å². The predicted octanol–water partition coefficient (Wildman–Crippen LogP) is 3.78. The van der Waals surface area contributed by atoms with Gasteiger partial charge in [-0.1, -0.05) is 30.7 Å². The van der Waals surface area contributed by atoms with Gasteiger partial charge in [-0.2, -0.15) is 0 Å². The molecule has 2 rings (SSSR count). The van der Waals surface area contributed by atoms with Crippen molar-refractivity contribution in [3.05, 3.63) is 58.9 Å². The van der Waals surface area contributed by atoms with Gasteiger partial charge in [0.1, 0.15) is 12.4 Å². The molecule has 0 fully saturated rings. The van der Waals surface area contributed by atoms with E-state index in [2.05, 4.69) is 43.2 Å². The summed E-state index contributed by atoms with van der Waals surface area (Å²) in [5, 5.41) is 3.36. The van der Waals surface area contributed by atoms with Crippen LogP contribution in [0.5, 0.6) is 5.75 Å². The number of ether oxygens (including phenoxy) is 1. The highest BCUT2D eigenvalue weighted by molar-refractivity contribution is 5.35. The summed E-state index contributed by atoms with van der Waals surface area (Å²) in [6.45, 7) is 8.66. The van der Waals surface area contributed by atoms with Crippen LogP contribution in [0, 0.1) is 13.8 Å². The Balaban J connectivity index is 1.95. The fourth-order valence-electron chi connectivity index (χ4n) is 2.21. The smallest absolute Gasteiger partial charge is 0.130 e. The Morgan fingerprint density at radius 1 is 1.10 bits per heavy atom. The van der Waals surface area contributed by atoms with Crippen LogP contribution in [-0.2, 0) is 13.2 Å². The van der Waals surface area contributed by atoms with Crippen LogP contribution in [0.25, 0.3) is 0 Å². The summed E-state index contributed by atoms with van der Waals surface area (Å²) in [5.74, 6) is 0.928. The van der Waals surface area contributed by atoms with E-state index in [4.69, 9.17) is 4.74 Å². The van der Waals surface area contributed by atoms with Gasteiger partial charge in [-0.05, 0) is 50.6 Å². The molecule has 0 atom stereocenters. The van der Waals surface area contributed by atoms with Crippen LogP contribution in [0.4, 0.5) is 0 Å². The summed E-state index contributed by atoms with van der Waals surface area (Å²) in [6, 6.07) is 12.3. The minimum absolute atomic E-state index is 0.505. The standard InChI is InChI=1S/C18H24N2O/c1-4-10-19-12-16-6-5-7-17(20-16)13-21-18-9-8-14(2)11-15(18)3/h5-9,11,19H,4,10,12-13H2,1-3H3. The van der Waals surface area contributed by atoms with Gasteiger partial charge in [0.05, 0.1) is 11.4 Å². The molecule has 0 aliphatic carbocycles. The topological polar surface area (TPSA) is 34.1 Å². The number of benzene rings is 1. The number of aryl methyl sites for hydroxylation is 2. The zero-order valence-electron chi connectivity index (χ0n) is 13.1. The van der Waals surface area contributed by atoms with E-state index in [0.29, 0.717) is 6.61 Å². The van der Waals surface area contributed by atoms with Crippen molar-refractivity contribution in [1.29, 1.82) is 0 Å². The second-order valence-corrected chi connectivity index (χ2v) is 5.35. The van der Waals surface area contributed by atoms with Crippen molar-refractivity contribution in [2.75, 3.05) is 6.54 Å². The first kappa shape index (κ1) is 15.5. The monoisotopic (exact) mass is 284 g/mol. The molecule has 0 radical (unpaired) electrons. The zero-order chi connectivity index (χ0) is 15.1. The van der Waals surface area contributed by atoms with Crippen LogP contribution in [0.15, 0.2) is 36.4 Å². The second-order valence-electron chi connectivity index (χ2n) is 5.35. The van der Waals surface area contributed by atoms with Crippen molar-refractivity contribution in [2.45, 2.75) is 40.3 Å². The number of hydrogen-bond donors (Lipinski definition) is 1. The van der Waals surface area contributed by atoms with Crippen molar-refractivity contribution in [3.8, 4) is 5.75 Å². The summed E-state index contributed by atoms with van der Waals surface area (Å²) in [6.07, 6.45) is 1.13. The molecule has 112 valence electrons. The lowest BCUT2D eigenvalue weighted by atomic mass is 10.1. The summed E-state index contributed by atoms with van der Waals surface area (Å²) < 4.78 is 5.88. The molecule has 1 aromatic heterocycles. The van der Waals surface area contributed by atoms with Crippen molar-refractivity contribution < 1.29 is 4.74 Å². The predicted molar refractivity (Wildman–Crippen MR) is 86.5 cm³/mol. The van der Waals surface area contributed by atoms with Crippen LogP contribution in [0.2, 0.25) is 0 Å². The summed E-state index contributed by atoms with van der Waals surface area (Å²) in [5.41, 5.74) is 4.44. The van der Waals surface area contributed by atoms with Gasteiger partial charge in [0.25, 0.3) is 0 Å². The number of aromatic nitrogens is 1. The molecule has 0 spiro atoms. The van der Waals surface area contributed by atoms with Crippen LogP contribution in [-0.4, -0.2) is 11.5 Å². The fraction of sp³-hybridized carbons (Fsp3) is 0.389. The largest absolute Gasteiger partial charge is 0.487 e. The average Bonchev–Trinajstić information content (AvgIpc) is 2.47. The quantitative estimate of drug-likeness (QED) is 0.786. The number of nitrogens with zero attached hydrogens (tertiary/aromatic N) is 1. The molecular formula is C18H24N2O. The highest BCUT2D eigenvalue weighted by Gasteiger charge is 2.02. The lowest BCUT2D eigenvalue weighted by molar-refractivity contribution is 0.299. The molecule has 3 nitrogen and oxygen atoms in total. The fourth-order valence-corrected chi connectivity index (χ4v) is 2.21. The SMILES string of the molecule is CCCNCc1cccc(COc2ccc(C)cc2C)n1. The molecule has 21 heavy (non-hydrogen) atoms. The first-order chi connectivity index (χ1) is 10.2. The Kier molecular flexibility index (Phi) is 5.76. The van der Waals surface area contributed by atoms with E-state index in [0.717, 1.165) is 42.2 Å². The van der Waals surface area contributed by atoms with Crippen LogP contribution in [0.3, 0.4) is 0 Å². The Bertz CT molecular complexity index is 581. The maximum atomic E-state index is 5.88. The van der Waals surface area contributed by atoms with Crippen LogP contribution < -0.4 is 10.1 Å². The van der Waals surface area contributed by atoms with E-state index in [1.165, 1.54) is 5.56 Å². The molecule has 1 N–H and O–H groups in total. The highest BCUT2D eigenvalue weighted by Crippen LogP contribution is 2.19. The third-order valence-corrected chi connectivity index (χ3v) is 3.30. The van der Waals surface area contributed by atoms with Gasteiger partial charge in [-0.15, -0.1) is 0 Å². The molecular weight excluding hydrogens is 260 g/mol. The van der Waals surface area contributed by atoms with Gasteiger partial charge in [-0.3, -0.25) is 4.98 Å². The Morgan fingerprint density at radius 3 is 2.67 bits per heavy atom. The van der Waals surface area contributed by atoms with Crippen LogP contribution in [0.1, 0.15) is 35.9 Å². The zero-order valence-corrected chi connectivity index (χ0v) is 13.1. The third kappa shape index (κ3) is 4.87. The second kappa shape index (κ2) is 7.79. The molecule has 0 bridgehead atoms. The molecule has 0 aliphatic rings. The molecule has 1 heterocycles. The maximum absolute atomic E-state index is 5.88. The number of pyridine rings is 1. The lowest BCUT2D eigenvalue weighted by Gasteiger charge is -2.10. The van der Waals surface area contributed by atoms with Gasteiger partial charge >= 0.3 is 0 Å². The maximum Gasteiger partial charge on any atom is 0.130 e. The summed E-state index contributed by atoms with van der Waals surface area (Å²) in [4.78, 5) is 4.62. The van der Waals surface area contributed by atoms with Gasteiger partial charge in [0.2, 0.25) is 0 Å². The first-order valence-corrected chi connectivity index (χ1v) is 7.54.